The molecule has 0 radical (unpaired) electrons. The Morgan fingerprint density at radius 2 is 1.89 bits per heavy atom. The number of nitrogens with zero attached hydrogens (tertiary/aromatic N) is 2. The first-order valence-electron chi connectivity index (χ1n) is 12.2. The van der Waals surface area contributed by atoms with Gasteiger partial charge in [-0.05, 0) is 59.7 Å². The van der Waals surface area contributed by atoms with Crippen LogP contribution >= 0.6 is 0 Å². The summed E-state index contributed by atoms with van der Waals surface area (Å²) >= 11 is 0. The fraction of sp³-hybridized carbons (Fsp3) is 0.310. The maximum atomic E-state index is 13.0. The van der Waals surface area contributed by atoms with Crippen molar-refractivity contribution >= 4 is 16.8 Å². The second-order valence-corrected chi connectivity index (χ2v) is 9.20. The summed E-state index contributed by atoms with van der Waals surface area (Å²) < 4.78 is 11.3. The molecular weight excluding hydrogens is 438 g/mol. The lowest BCUT2D eigenvalue weighted by molar-refractivity contribution is 0.178. The lowest BCUT2D eigenvalue weighted by Gasteiger charge is -2.33. The van der Waals surface area contributed by atoms with E-state index in [1.165, 1.54) is 16.3 Å². The number of fused-ring (bicyclic) bond motifs is 1. The monoisotopic (exact) mass is 469 g/mol. The summed E-state index contributed by atoms with van der Waals surface area (Å²) in [6.07, 6.45) is 3.56. The Balaban J connectivity index is 1.22. The number of hydrogen-bond acceptors (Lipinski definition) is 4. The molecule has 5 rings (SSSR count). The Hall–Kier alpha value is -3.80. The van der Waals surface area contributed by atoms with Gasteiger partial charge in [-0.3, -0.25) is 0 Å². The van der Waals surface area contributed by atoms with Crippen molar-refractivity contribution in [3.8, 4) is 17.1 Å². The second-order valence-electron chi connectivity index (χ2n) is 9.20. The molecule has 1 N–H and O–H groups in total. The minimum absolute atomic E-state index is 0.00231. The first-order valence-corrected chi connectivity index (χ1v) is 12.2. The van der Waals surface area contributed by atoms with E-state index in [0.29, 0.717) is 17.6 Å². The maximum absolute atomic E-state index is 13.0. The van der Waals surface area contributed by atoms with Crippen molar-refractivity contribution in [3.63, 3.8) is 0 Å². The Morgan fingerprint density at radius 3 is 2.63 bits per heavy atom. The summed E-state index contributed by atoms with van der Waals surface area (Å²) in [5, 5.41) is 5.58. The third kappa shape index (κ3) is 4.74. The Labute approximate surface area is 205 Å². The standard InChI is InChI=1S/C29H31N3O3/c1-19(24-10-6-8-22-7-4-5-9-25(22)24)31-29(33)32-15-13-21(14-16-32)23-11-12-26(27(17-23)34-3)28-18-30-20(2)35-28/h4-12,17-19,21H,13-16H2,1-3H3,(H,31,33)/t19-/m0/s1. The molecule has 6 heteroatoms. The highest BCUT2D eigenvalue weighted by molar-refractivity contribution is 5.86. The number of methoxy groups -OCH3 is 1. The van der Waals surface area contributed by atoms with Crippen molar-refractivity contribution in [2.45, 2.75) is 38.6 Å². The van der Waals surface area contributed by atoms with Gasteiger partial charge in [0.25, 0.3) is 0 Å². The van der Waals surface area contributed by atoms with E-state index in [9.17, 15) is 4.79 Å². The molecule has 0 aliphatic carbocycles. The minimum Gasteiger partial charge on any atom is -0.496 e. The first-order chi connectivity index (χ1) is 17.0. The molecule has 1 fully saturated rings. The van der Waals surface area contributed by atoms with Crippen LogP contribution in [0.3, 0.4) is 0 Å². The molecule has 35 heavy (non-hydrogen) atoms. The molecule has 3 aromatic carbocycles. The zero-order chi connectivity index (χ0) is 24.4. The predicted molar refractivity (Wildman–Crippen MR) is 138 cm³/mol. The van der Waals surface area contributed by atoms with Crippen molar-refractivity contribution in [1.82, 2.24) is 15.2 Å². The summed E-state index contributed by atoms with van der Waals surface area (Å²) in [7, 11) is 1.68. The Kier molecular flexibility index (Phi) is 6.45. The average molecular weight is 470 g/mol. The smallest absolute Gasteiger partial charge is 0.317 e. The Morgan fingerprint density at radius 1 is 1.11 bits per heavy atom. The van der Waals surface area contributed by atoms with Crippen LogP contribution in [0.5, 0.6) is 5.75 Å². The van der Waals surface area contributed by atoms with Gasteiger partial charge in [-0.1, -0.05) is 48.5 Å². The molecule has 1 aromatic heterocycles. The zero-order valence-electron chi connectivity index (χ0n) is 20.5. The van der Waals surface area contributed by atoms with Gasteiger partial charge in [0.1, 0.15) is 5.75 Å². The van der Waals surface area contributed by atoms with E-state index in [-0.39, 0.29) is 12.1 Å². The van der Waals surface area contributed by atoms with E-state index in [1.807, 2.05) is 30.0 Å². The minimum atomic E-state index is -0.0668. The molecule has 2 heterocycles. The van der Waals surface area contributed by atoms with E-state index < -0.39 is 0 Å². The van der Waals surface area contributed by atoms with Gasteiger partial charge in [-0.2, -0.15) is 0 Å². The lowest BCUT2D eigenvalue weighted by atomic mass is 9.88. The van der Waals surface area contributed by atoms with Crippen LogP contribution < -0.4 is 10.1 Å². The fourth-order valence-electron chi connectivity index (χ4n) is 5.05. The molecular formula is C29H31N3O3. The van der Waals surface area contributed by atoms with Gasteiger partial charge in [-0.15, -0.1) is 0 Å². The number of ether oxygens (including phenoxy) is 1. The van der Waals surface area contributed by atoms with Gasteiger partial charge in [0, 0.05) is 20.0 Å². The topological polar surface area (TPSA) is 67.6 Å². The van der Waals surface area contributed by atoms with Crippen LogP contribution in [0, 0.1) is 6.92 Å². The number of aromatic nitrogens is 1. The van der Waals surface area contributed by atoms with E-state index in [0.717, 1.165) is 42.8 Å². The number of carbonyl (C=O) groups excluding carboxylic acids is 1. The number of aryl methyl sites for hydroxylation is 1. The number of carbonyl (C=O) groups is 1. The summed E-state index contributed by atoms with van der Waals surface area (Å²) in [5.74, 6) is 2.50. The van der Waals surface area contributed by atoms with Crippen molar-refractivity contribution in [2.75, 3.05) is 20.2 Å². The predicted octanol–water partition coefficient (Wildman–Crippen LogP) is 6.46. The number of rotatable bonds is 5. The molecule has 180 valence electrons. The van der Waals surface area contributed by atoms with Crippen molar-refractivity contribution in [1.29, 1.82) is 0 Å². The quantitative estimate of drug-likeness (QED) is 0.364. The number of amides is 2. The van der Waals surface area contributed by atoms with E-state index in [4.69, 9.17) is 9.15 Å². The normalized spacial score (nSPS) is 15.2. The zero-order valence-corrected chi connectivity index (χ0v) is 20.5. The number of urea groups is 1. The average Bonchev–Trinajstić information content (AvgIpc) is 3.33. The number of benzene rings is 3. The fourth-order valence-corrected chi connectivity index (χ4v) is 5.05. The molecule has 1 saturated heterocycles. The van der Waals surface area contributed by atoms with Crippen LogP contribution in [-0.2, 0) is 0 Å². The van der Waals surface area contributed by atoms with Crippen LogP contribution in [0.1, 0.15) is 48.7 Å². The molecule has 2 amide bonds. The molecule has 1 aliphatic heterocycles. The lowest BCUT2D eigenvalue weighted by Crippen LogP contribution is -2.44. The van der Waals surface area contributed by atoms with Crippen molar-refractivity contribution < 1.29 is 13.9 Å². The van der Waals surface area contributed by atoms with Crippen molar-refractivity contribution in [3.05, 3.63) is 83.9 Å². The number of piperidine rings is 1. The van der Waals surface area contributed by atoms with Gasteiger partial charge < -0.3 is 19.4 Å². The molecule has 0 unspecified atom stereocenters. The number of hydrogen-bond donors (Lipinski definition) is 1. The molecule has 6 nitrogen and oxygen atoms in total. The highest BCUT2D eigenvalue weighted by Crippen LogP contribution is 2.36. The first kappa shape index (κ1) is 23.0. The summed E-state index contributed by atoms with van der Waals surface area (Å²) in [6, 6.07) is 20.7. The van der Waals surface area contributed by atoms with E-state index in [1.54, 1.807) is 13.3 Å². The highest BCUT2D eigenvalue weighted by atomic mass is 16.5. The summed E-state index contributed by atoms with van der Waals surface area (Å²) in [6.45, 7) is 5.33. The van der Waals surface area contributed by atoms with E-state index in [2.05, 4.69) is 59.7 Å². The van der Waals surface area contributed by atoms with Crippen LogP contribution in [0.4, 0.5) is 4.79 Å². The van der Waals surface area contributed by atoms with E-state index >= 15 is 0 Å². The molecule has 0 bridgehead atoms. The summed E-state index contributed by atoms with van der Waals surface area (Å²) in [5.41, 5.74) is 3.27. The van der Waals surface area contributed by atoms with Gasteiger partial charge in [0.2, 0.25) is 0 Å². The molecule has 0 saturated carbocycles. The second kappa shape index (κ2) is 9.82. The van der Waals surface area contributed by atoms with Crippen LogP contribution in [0.25, 0.3) is 22.1 Å². The van der Waals surface area contributed by atoms with Gasteiger partial charge >= 0.3 is 6.03 Å². The third-order valence-electron chi connectivity index (χ3n) is 7.00. The van der Waals surface area contributed by atoms with Crippen LogP contribution in [0.15, 0.2) is 71.3 Å². The van der Waals surface area contributed by atoms with Gasteiger partial charge in [0.05, 0.1) is 24.9 Å². The maximum Gasteiger partial charge on any atom is 0.317 e. The summed E-state index contributed by atoms with van der Waals surface area (Å²) in [4.78, 5) is 19.2. The number of oxazole rings is 1. The molecule has 0 spiro atoms. The van der Waals surface area contributed by atoms with Crippen LogP contribution in [0.2, 0.25) is 0 Å². The molecule has 1 atom stereocenters. The third-order valence-corrected chi connectivity index (χ3v) is 7.00. The van der Waals surface area contributed by atoms with Gasteiger partial charge in [-0.25, -0.2) is 9.78 Å². The number of likely N-dealkylation sites (tertiary alicyclic amines) is 1. The largest absolute Gasteiger partial charge is 0.496 e. The SMILES string of the molecule is COc1cc(C2CCN(C(=O)N[C@@H](C)c3cccc4ccccc34)CC2)ccc1-c1cnc(C)o1. The highest BCUT2D eigenvalue weighted by Gasteiger charge is 2.26. The number of nitrogens with one attached hydrogen (secondary N) is 1. The van der Waals surface area contributed by atoms with Crippen LogP contribution in [-0.4, -0.2) is 36.1 Å². The molecule has 1 aliphatic rings. The van der Waals surface area contributed by atoms with Gasteiger partial charge in [0.15, 0.2) is 11.7 Å². The van der Waals surface area contributed by atoms with Crippen molar-refractivity contribution in [2.24, 2.45) is 0 Å². The molecule has 4 aromatic rings. The Bertz CT molecular complexity index is 1330.